The van der Waals surface area contributed by atoms with Gasteiger partial charge < -0.3 is 10.6 Å². The summed E-state index contributed by atoms with van der Waals surface area (Å²) in [6, 6.07) is 8.35. The van der Waals surface area contributed by atoms with E-state index in [2.05, 4.69) is 45.7 Å². The van der Waals surface area contributed by atoms with Gasteiger partial charge in [-0.05, 0) is 44.2 Å². The first-order valence-electron chi connectivity index (χ1n) is 8.22. The minimum absolute atomic E-state index is 0.832. The average Bonchev–Trinajstić information content (AvgIpc) is 3.26. The van der Waals surface area contributed by atoms with Crippen molar-refractivity contribution < 1.29 is 0 Å². The number of nitrogens with one attached hydrogen (secondary N) is 2. The summed E-state index contributed by atoms with van der Waals surface area (Å²) in [5.74, 6) is 1.79. The van der Waals surface area contributed by atoms with Gasteiger partial charge in [0.2, 0.25) is 0 Å². The van der Waals surface area contributed by atoms with Gasteiger partial charge in [0.25, 0.3) is 0 Å². The number of benzene rings is 1. The third-order valence-electron chi connectivity index (χ3n) is 3.75. The molecular formula is C17H24N4S. The van der Waals surface area contributed by atoms with Crippen LogP contribution in [0.25, 0.3) is 10.2 Å². The van der Waals surface area contributed by atoms with E-state index in [0.717, 1.165) is 49.9 Å². The van der Waals surface area contributed by atoms with Crippen molar-refractivity contribution in [2.75, 3.05) is 19.6 Å². The average molecular weight is 316 g/mol. The number of hydrogen-bond acceptors (Lipinski definition) is 3. The highest BCUT2D eigenvalue weighted by molar-refractivity contribution is 7.18. The molecule has 1 aliphatic rings. The molecule has 1 aromatic heterocycles. The van der Waals surface area contributed by atoms with Gasteiger partial charge in [-0.3, -0.25) is 4.99 Å². The van der Waals surface area contributed by atoms with Crippen LogP contribution in [-0.4, -0.2) is 30.6 Å². The fraction of sp³-hybridized carbons (Fsp3) is 0.529. The highest BCUT2D eigenvalue weighted by atomic mass is 32.1. The fourth-order valence-electron chi connectivity index (χ4n) is 2.34. The lowest BCUT2D eigenvalue weighted by atomic mass is 10.3. The van der Waals surface area contributed by atoms with E-state index in [1.54, 1.807) is 11.3 Å². The van der Waals surface area contributed by atoms with Crippen molar-refractivity contribution in [1.29, 1.82) is 0 Å². The molecular weight excluding hydrogens is 292 g/mol. The molecule has 0 spiro atoms. The molecule has 3 rings (SSSR count). The largest absolute Gasteiger partial charge is 0.357 e. The van der Waals surface area contributed by atoms with Crippen LogP contribution in [0, 0.1) is 5.92 Å². The van der Waals surface area contributed by atoms with Crippen molar-refractivity contribution in [1.82, 2.24) is 15.6 Å². The van der Waals surface area contributed by atoms with Crippen LogP contribution in [0.2, 0.25) is 0 Å². The number of hydrogen-bond donors (Lipinski definition) is 2. The molecule has 4 nitrogen and oxygen atoms in total. The maximum absolute atomic E-state index is 4.68. The zero-order chi connectivity index (χ0) is 15.2. The molecule has 0 amide bonds. The molecule has 0 aliphatic heterocycles. The summed E-state index contributed by atoms with van der Waals surface area (Å²) in [4.78, 5) is 9.31. The highest BCUT2D eigenvalue weighted by Crippen LogP contribution is 2.28. The van der Waals surface area contributed by atoms with Gasteiger partial charge >= 0.3 is 0 Å². The quantitative estimate of drug-likeness (QED) is 0.468. The Hall–Kier alpha value is -1.62. The van der Waals surface area contributed by atoms with Crippen LogP contribution in [0.5, 0.6) is 0 Å². The number of guanidine groups is 1. The van der Waals surface area contributed by atoms with Gasteiger partial charge in [-0.15, -0.1) is 11.3 Å². The first kappa shape index (κ1) is 15.3. The Balaban J connectivity index is 1.44. The highest BCUT2D eigenvalue weighted by Gasteiger charge is 2.20. The number of aromatic nitrogens is 1. The molecule has 0 bridgehead atoms. The number of aliphatic imine (C=N–C) groups is 1. The molecule has 0 radical (unpaired) electrons. The summed E-state index contributed by atoms with van der Waals surface area (Å²) in [5.41, 5.74) is 1.12. The van der Waals surface area contributed by atoms with E-state index in [4.69, 9.17) is 0 Å². The Morgan fingerprint density at radius 2 is 2.18 bits per heavy atom. The first-order valence-corrected chi connectivity index (χ1v) is 9.03. The van der Waals surface area contributed by atoms with E-state index < -0.39 is 0 Å². The number of aryl methyl sites for hydroxylation is 1. The van der Waals surface area contributed by atoms with Crippen molar-refractivity contribution in [3.8, 4) is 0 Å². The van der Waals surface area contributed by atoms with Gasteiger partial charge in [-0.1, -0.05) is 12.1 Å². The number of rotatable bonds is 7. The van der Waals surface area contributed by atoms with Crippen molar-refractivity contribution in [3.63, 3.8) is 0 Å². The molecule has 1 heterocycles. The molecule has 1 aromatic carbocycles. The maximum atomic E-state index is 4.68. The lowest BCUT2D eigenvalue weighted by molar-refractivity contribution is 0.735. The Bertz CT molecular complexity index is 597. The summed E-state index contributed by atoms with van der Waals surface area (Å²) >= 11 is 1.80. The normalized spacial score (nSPS) is 15.2. The molecule has 2 aromatic rings. The van der Waals surface area contributed by atoms with E-state index in [1.807, 2.05) is 6.07 Å². The van der Waals surface area contributed by atoms with Crippen molar-refractivity contribution in [2.24, 2.45) is 10.9 Å². The summed E-state index contributed by atoms with van der Waals surface area (Å²) < 4.78 is 1.28. The van der Waals surface area contributed by atoms with E-state index in [9.17, 15) is 0 Å². The van der Waals surface area contributed by atoms with Crippen LogP contribution < -0.4 is 10.6 Å². The minimum atomic E-state index is 0.832. The van der Waals surface area contributed by atoms with Crippen LogP contribution in [0.1, 0.15) is 31.2 Å². The van der Waals surface area contributed by atoms with Crippen molar-refractivity contribution in [3.05, 3.63) is 29.3 Å². The minimum Gasteiger partial charge on any atom is -0.357 e. The monoisotopic (exact) mass is 316 g/mol. The number of fused-ring (bicyclic) bond motifs is 1. The number of para-hydroxylation sites is 1. The Kier molecular flexibility index (Phi) is 5.27. The van der Waals surface area contributed by atoms with Gasteiger partial charge in [0, 0.05) is 26.1 Å². The SMILES string of the molecule is CCNC(=NCC1CC1)NCCCc1nc2ccccc2s1. The maximum Gasteiger partial charge on any atom is 0.191 e. The molecule has 118 valence electrons. The van der Waals surface area contributed by atoms with Crippen LogP contribution >= 0.6 is 11.3 Å². The topological polar surface area (TPSA) is 49.3 Å². The van der Waals surface area contributed by atoms with Gasteiger partial charge in [0.15, 0.2) is 5.96 Å². The van der Waals surface area contributed by atoms with Gasteiger partial charge in [-0.25, -0.2) is 4.98 Å². The molecule has 1 aliphatic carbocycles. The predicted octanol–water partition coefficient (Wildman–Crippen LogP) is 3.19. The summed E-state index contributed by atoms with van der Waals surface area (Å²) in [7, 11) is 0. The first-order chi connectivity index (χ1) is 10.8. The van der Waals surface area contributed by atoms with Crippen LogP contribution in [0.3, 0.4) is 0 Å². The molecule has 22 heavy (non-hydrogen) atoms. The Labute approximate surface area is 136 Å². The summed E-state index contributed by atoms with van der Waals surface area (Å²) in [6.45, 7) is 4.92. The van der Waals surface area contributed by atoms with E-state index in [1.165, 1.54) is 22.5 Å². The second-order valence-corrected chi connectivity index (χ2v) is 6.88. The zero-order valence-corrected chi connectivity index (χ0v) is 14.0. The smallest absolute Gasteiger partial charge is 0.191 e. The number of nitrogens with zero attached hydrogens (tertiary/aromatic N) is 2. The molecule has 0 atom stereocenters. The van der Waals surface area contributed by atoms with Crippen molar-refractivity contribution >= 4 is 27.5 Å². The van der Waals surface area contributed by atoms with Gasteiger partial charge in [0.05, 0.1) is 15.2 Å². The molecule has 1 saturated carbocycles. The van der Waals surface area contributed by atoms with Crippen LogP contribution in [0.15, 0.2) is 29.3 Å². The van der Waals surface area contributed by atoms with Gasteiger partial charge in [-0.2, -0.15) is 0 Å². The fourth-order valence-corrected chi connectivity index (χ4v) is 3.34. The number of thiazole rings is 1. The summed E-state index contributed by atoms with van der Waals surface area (Å²) in [5, 5.41) is 7.96. The lowest BCUT2D eigenvalue weighted by Crippen LogP contribution is -2.38. The second kappa shape index (κ2) is 7.58. The van der Waals surface area contributed by atoms with E-state index >= 15 is 0 Å². The Morgan fingerprint density at radius 3 is 2.95 bits per heavy atom. The van der Waals surface area contributed by atoms with Crippen LogP contribution in [-0.2, 0) is 6.42 Å². The third-order valence-corrected chi connectivity index (χ3v) is 4.84. The Morgan fingerprint density at radius 1 is 1.32 bits per heavy atom. The second-order valence-electron chi connectivity index (χ2n) is 5.77. The third kappa shape index (κ3) is 4.44. The molecule has 0 unspecified atom stereocenters. The van der Waals surface area contributed by atoms with Gasteiger partial charge in [0.1, 0.15) is 0 Å². The molecule has 5 heteroatoms. The summed E-state index contributed by atoms with van der Waals surface area (Å²) in [6.07, 6.45) is 4.79. The standard InChI is InChI=1S/C17H24N4S/c1-2-18-17(20-12-13-9-10-13)19-11-5-8-16-21-14-6-3-4-7-15(14)22-16/h3-4,6-7,13H,2,5,8-12H2,1H3,(H2,18,19,20). The molecule has 2 N–H and O–H groups in total. The zero-order valence-electron chi connectivity index (χ0n) is 13.1. The van der Waals surface area contributed by atoms with Crippen molar-refractivity contribution in [2.45, 2.75) is 32.6 Å². The predicted molar refractivity (Wildman–Crippen MR) is 94.6 cm³/mol. The van der Waals surface area contributed by atoms with E-state index in [0.29, 0.717) is 0 Å². The lowest BCUT2D eigenvalue weighted by Gasteiger charge is -2.10. The molecule has 1 fully saturated rings. The molecule has 0 saturated heterocycles. The van der Waals surface area contributed by atoms with Crippen LogP contribution in [0.4, 0.5) is 0 Å². The van der Waals surface area contributed by atoms with E-state index in [-0.39, 0.29) is 0 Å².